The molecule has 0 saturated heterocycles. The molecule has 3 N–H and O–H groups in total. The van der Waals surface area contributed by atoms with Crippen molar-refractivity contribution < 1.29 is 9.59 Å². The van der Waals surface area contributed by atoms with Gasteiger partial charge in [-0.3, -0.25) is 9.59 Å². The Hall–Kier alpha value is -1.79. The standard InChI is InChI=1S/C14H13BrClN3O2/c1-8-4-9(15)2-3-11(8)19-13(20)7-18-14(21)12-5-10(16)6-17-12/h2-6,17H,7H2,1H3,(H,18,21)(H,19,20). The maximum Gasteiger partial charge on any atom is 0.268 e. The number of hydrogen-bond acceptors (Lipinski definition) is 2. The summed E-state index contributed by atoms with van der Waals surface area (Å²) in [5.41, 5.74) is 1.95. The molecule has 2 aromatic rings. The Labute approximate surface area is 135 Å². The van der Waals surface area contributed by atoms with Crippen LogP contribution >= 0.6 is 27.5 Å². The van der Waals surface area contributed by atoms with Crippen molar-refractivity contribution >= 4 is 45.0 Å². The van der Waals surface area contributed by atoms with E-state index in [9.17, 15) is 9.59 Å². The van der Waals surface area contributed by atoms with Gasteiger partial charge in [0, 0.05) is 16.4 Å². The summed E-state index contributed by atoms with van der Waals surface area (Å²) in [6.07, 6.45) is 1.50. The van der Waals surface area contributed by atoms with Crippen LogP contribution in [0.3, 0.4) is 0 Å². The Bertz CT molecular complexity index is 685. The molecule has 0 radical (unpaired) electrons. The lowest BCUT2D eigenvalue weighted by molar-refractivity contribution is -0.115. The Balaban J connectivity index is 1.89. The van der Waals surface area contributed by atoms with Gasteiger partial charge in [-0.2, -0.15) is 0 Å². The molecule has 2 rings (SSSR count). The van der Waals surface area contributed by atoms with Crippen molar-refractivity contribution in [3.8, 4) is 0 Å². The molecule has 21 heavy (non-hydrogen) atoms. The van der Waals surface area contributed by atoms with Crippen LogP contribution in [0.4, 0.5) is 5.69 Å². The molecule has 0 aliphatic rings. The smallest absolute Gasteiger partial charge is 0.268 e. The van der Waals surface area contributed by atoms with Gasteiger partial charge in [-0.1, -0.05) is 27.5 Å². The number of carbonyl (C=O) groups is 2. The van der Waals surface area contributed by atoms with Gasteiger partial charge in [0.25, 0.3) is 5.91 Å². The molecule has 0 bridgehead atoms. The number of anilines is 1. The van der Waals surface area contributed by atoms with E-state index in [0.29, 0.717) is 16.4 Å². The molecule has 0 spiro atoms. The third-order valence-corrected chi connectivity index (χ3v) is 3.48. The van der Waals surface area contributed by atoms with Gasteiger partial charge in [-0.05, 0) is 36.8 Å². The second kappa shape index (κ2) is 6.78. The van der Waals surface area contributed by atoms with E-state index in [0.717, 1.165) is 10.0 Å². The van der Waals surface area contributed by atoms with Crippen molar-refractivity contribution in [3.63, 3.8) is 0 Å². The van der Waals surface area contributed by atoms with Crippen molar-refractivity contribution in [1.29, 1.82) is 0 Å². The van der Waals surface area contributed by atoms with Gasteiger partial charge in [0.1, 0.15) is 5.69 Å². The first kappa shape index (κ1) is 15.6. The molecule has 1 aromatic heterocycles. The number of halogens is 2. The molecular formula is C14H13BrClN3O2. The summed E-state index contributed by atoms with van der Waals surface area (Å²) in [4.78, 5) is 26.3. The number of rotatable bonds is 4. The van der Waals surface area contributed by atoms with E-state index in [2.05, 4.69) is 31.5 Å². The first-order chi connectivity index (χ1) is 9.95. The van der Waals surface area contributed by atoms with Gasteiger partial charge in [-0.25, -0.2) is 0 Å². The molecule has 0 unspecified atom stereocenters. The zero-order valence-electron chi connectivity index (χ0n) is 11.2. The fourth-order valence-corrected chi connectivity index (χ4v) is 2.36. The molecule has 0 saturated carbocycles. The van der Waals surface area contributed by atoms with Gasteiger partial charge in [0.05, 0.1) is 11.6 Å². The molecule has 0 atom stereocenters. The minimum atomic E-state index is -0.385. The number of amides is 2. The van der Waals surface area contributed by atoms with Crippen molar-refractivity contribution in [1.82, 2.24) is 10.3 Å². The fraction of sp³-hybridized carbons (Fsp3) is 0.143. The SMILES string of the molecule is Cc1cc(Br)ccc1NC(=O)CNC(=O)c1cc(Cl)c[nH]1. The van der Waals surface area contributed by atoms with E-state index in [1.165, 1.54) is 12.3 Å². The number of carbonyl (C=O) groups excluding carboxylic acids is 2. The second-order valence-electron chi connectivity index (χ2n) is 4.42. The van der Waals surface area contributed by atoms with Crippen LogP contribution in [-0.4, -0.2) is 23.3 Å². The summed E-state index contributed by atoms with van der Waals surface area (Å²) in [6.45, 7) is 1.77. The van der Waals surface area contributed by atoms with Gasteiger partial charge < -0.3 is 15.6 Å². The van der Waals surface area contributed by atoms with Crippen LogP contribution in [0.25, 0.3) is 0 Å². The lowest BCUT2D eigenvalue weighted by Gasteiger charge is -2.09. The molecule has 1 aromatic carbocycles. The second-order valence-corrected chi connectivity index (χ2v) is 5.77. The number of benzene rings is 1. The van der Waals surface area contributed by atoms with Crippen molar-refractivity contribution in [2.45, 2.75) is 6.92 Å². The Morgan fingerprint density at radius 3 is 2.71 bits per heavy atom. The first-order valence-corrected chi connectivity index (χ1v) is 7.31. The van der Waals surface area contributed by atoms with Crippen LogP contribution in [0.2, 0.25) is 5.02 Å². The zero-order valence-corrected chi connectivity index (χ0v) is 13.5. The van der Waals surface area contributed by atoms with Crippen LogP contribution in [-0.2, 0) is 4.79 Å². The number of hydrogen-bond donors (Lipinski definition) is 3. The van der Waals surface area contributed by atoms with Crippen molar-refractivity contribution in [2.24, 2.45) is 0 Å². The molecule has 7 heteroatoms. The highest BCUT2D eigenvalue weighted by Gasteiger charge is 2.10. The van der Waals surface area contributed by atoms with Crippen LogP contribution in [0.5, 0.6) is 0 Å². The highest BCUT2D eigenvalue weighted by atomic mass is 79.9. The summed E-state index contributed by atoms with van der Waals surface area (Å²) in [6, 6.07) is 7.02. The largest absolute Gasteiger partial charge is 0.356 e. The summed E-state index contributed by atoms with van der Waals surface area (Å²) in [5, 5.41) is 5.69. The summed E-state index contributed by atoms with van der Waals surface area (Å²) >= 11 is 9.07. The molecule has 5 nitrogen and oxygen atoms in total. The van der Waals surface area contributed by atoms with Gasteiger partial charge in [-0.15, -0.1) is 0 Å². The highest BCUT2D eigenvalue weighted by molar-refractivity contribution is 9.10. The molecule has 0 aliphatic carbocycles. The first-order valence-electron chi connectivity index (χ1n) is 6.14. The van der Waals surface area contributed by atoms with Gasteiger partial charge in [0.15, 0.2) is 0 Å². The molecule has 1 heterocycles. The van der Waals surface area contributed by atoms with E-state index in [4.69, 9.17) is 11.6 Å². The quantitative estimate of drug-likeness (QED) is 0.773. The topological polar surface area (TPSA) is 74.0 Å². The third kappa shape index (κ3) is 4.34. The number of aromatic amines is 1. The highest BCUT2D eigenvalue weighted by Crippen LogP contribution is 2.19. The van der Waals surface area contributed by atoms with E-state index >= 15 is 0 Å². The Morgan fingerprint density at radius 1 is 1.33 bits per heavy atom. The van der Waals surface area contributed by atoms with Crippen molar-refractivity contribution in [2.75, 3.05) is 11.9 Å². The predicted molar refractivity (Wildman–Crippen MR) is 85.6 cm³/mol. The summed E-state index contributed by atoms with van der Waals surface area (Å²) < 4.78 is 0.940. The van der Waals surface area contributed by atoms with Crippen LogP contribution in [0.15, 0.2) is 34.9 Å². The zero-order chi connectivity index (χ0) is 15.4. The molecular weight excluding hydrogens is 358 g/mol. The maximum atomic E-state index is 11.8. The number of aryl methyl sites for hydroxylation is 1. The molecule has 110 valence electrons. The third-order valence-electron chi connectivity index (χ3n) is 2.76. The minimum Gasteiger partial charge on any atom is -0.356 e. The number of nitrogens with one attached hydrogen (secondary N) is 3. The average Bonchev–Trinajstić information content (AvgIpc) is 2.86. The summed E-state index contributed by atoms with van der Waals surface area (Å²) in [5.74, 6) is -0.684. The normalized spacial score (nSPS) is 10.2. The Morgan fingerprint density at radius 2 is 2.10 bits per heavy atom. The van der Waals surface area contributed by atoms with Gasteiger partial charge >= 0.3 is 0 Å². The lowest BCUT2D eigenvalue weighted by Crippen LogP contribution is -2.33. The van der Waals surface area contributed by atoms with E-state index in [-0.39, 0.29) is 18.4 Å². The van der Waals surface area contributed by atoms with Crippen LogP contribution < -0.4 is 10.6 Å². The fourth-order valence-electron chi connectivity index (χ4n) is 1.72. The maximum absolute atomic E-state index is 11.8. The van der Waals surface area contributed by atoms with Gasteiger partial charge in [0.2, 0.25) is 5.91 Å². The molecule has 0 fully saturated rings. The van der Waals surface area contributed by atoms with E-state index in [1.54, 1.807) is 6.07 Å². The monoisotopic (exact) mass is 369 g/mol. The molecule has 2 amide bonds. The number of H-pyrrole nitrogens is 1. The Kier molecular flexibility index (Phi) is 5.03. The lowest BCUT2D eigenvalue weighted by atomic mass is 10.2. The van der Waals surface area contributed by atoms with E-state index in [1.807, 2.05) is 19.1 Å². The van der Waals surface area contributed by atoms with Crippen LogP contribution in [0.1, 0.15) is 16.1 Å². The van der Waals surface area contributed by atoms with Crippen LogP contribution in [0, 0.1) is 6.92 Å². The van der Waals surface area contributed by atoms with Crippen molar-refractivity contribution in [3.05, 3.63) is 51.2 Å². The molecule has 0 aliphatic heterocycles. The minimum absolute atomic E-state index is 0.120. The average molecular weight is 371 g/mol. The summed E-state index contributed by atoms with van der Waals surface area (Å²) in [7, 11) is 0. The van der Waals surface area contributed by atoms with E-state index < -0.39 is 0 Å². The predicted octanol–water partition coefficient (Wildman–Crippen LogP) is 3.11. The number of aromatic nitrogens is 1.